The van der Waals surface area contributed by atoms with Crippen LogP contribution in [-0.4, -0.2) is 78.3 Å². The van der Waals surface area contributed by atoms with Crippen LogP contribution < -0.4 is 0 Å². The van der Waals surface area contributed by atoms with E-state index in [1.165, 1.54) is 11.1 Å². The van der Waals surface area contributed by atoms with Gasteiger partial charge in [-0.1, -0.05) is 98.8 Å². The van der Waals surface area contributed by atoms with Gasteiger partial charge in [-0.25, -0.2) is 0 Å². The summed E-state index contributed by atoms with van der Waals surface area (Å²) in [6, 6.07) is 28.1. The lowest BCUT2D eigenvalue weighted by Gasteiger charge is -2.34. The maximum Gasteiger partial charge on any atom is 0.316 e. The number of nitrogens with zero attached hydrogens (tertiary/aromatic N) is 2. The molecular weight excluding hydrogens is 564 g/mol. The number of esters is 1. The van der Waals surface area contributed by atoms with E-state index >= 15 is 0 Å². The first-order valence-electron chi connectivity index (χ1n) is 16.4. The zero-order chi connectivity index (χ0) is 32.2. The highest BCUT2D eigenvalue weighted by Gasteiger charge is 2.32. The van der Waals surface area contributed by atoms with E-state index in [1.807, 2.05) is 43.0 Å². The van der Waals surface area contributed by atoms with Crippen molar-refractivity contribution in [2.24, 2.45) is 0 Å². The fraction of sp³-hybridized carbons (Fsp3) is 0.474. The Morgan fingerprint density at radius 2 is 1.44 bits per heavy atom. The molecule has 0 aromatic heterocycles. The van der Waals surface area contributed by atoms with Gasteiger partial charge < -0.3 is 19.5 Å². The molecule has 7 heteroatoms. The Labute approximate surface area is 269 Å². The number of carbonyl (C=O) groups is 2. The Balaban J connectivity index is 1.21. The minimum Gasteiger partial charge on any atom is -0.461 e. The van der Waals surface area contributed by atoms with E-state index in [0.717, 1.165) is 44.5 Å². The number of carbonyl (C=O) groups excluding carboxylic acids is 2. The van der Waals surface area contributed by atoms with Crippen molar-refractivity contribution in [2.45, 2.75) is 77.2 Å². The highest BCUT2D eigenvalue weighted by atomic mass is 16.5. The summed E-state index contributed by atoms with van der Waals surface area (Å²) in [5, 5.41) is 10.3. The second kappa shape index (κ2) is 16.8. The number of Topliss-reactive ketones (excluding diaryl/α,β-unsaturated/α-hetero) is 1. The lowest BCUT2D eigenvalue weighted by atomic mass is 9.84. The van der Waals surface area contributed by atoms with Crippen molar-refractivity contribution in [2.75, 3.05) is 39.3 Å². The molecule has 0 aliphatic carbocycles. The fourth-order valence-corrected chi connectivity index (χ4v) is 5.95. The number of likely N-dealkylation sites (N-methyl/N-ethyl adjacent to an activating group) is 1. The smallest absolute Gasteiger partial charge is 0.316 e. The van der Waals surface area contributed by atoms with E-state index in [1.54, 1.807) is 26.0 Å². The minimum atomic E-state index is -0.900. The van der Waals surface area contributed by atoms with Crippen LogP contribution in [0.2, 0.25) is 0 Å². The molecule has 0 saturated carbocycles. The number of benzene rings is 3. The molecule has 1 saturated heterocycles. The van der Waals surface area contributed by atoms with E-state index < -0.39 is 17.6 Å². The standard InChI is InChI=1S/C38H50N2O5/c1-5-40(6-2)35(42)28-44-37(43)38(3,4)32-21-19-29(20-22-32)34(41)18-13-25-39-26-23-33(24-27-39)45-36(30-14-9-7-10-15-30)31-16-11-8-12-17-31/h7-12,14-17,19-22,33,35-36,42H,5-6,13,18,23-28H2,1-4H3. The number of hydrogen-bond donors (Lipinski definition) is 1. The van der Waals surface area contributed by atoms with E-state index in [-0.39, 0.29) is 24.6 Å². The number of aliphatic hydroxyl groups excluding tert-OH is 1. The molecule has 1 heterocycles. The van der Waals surface area contributed by atoms with Gasteiger partial charge in [0.2, 0.25) is 0 Å². The maximum atomic E-state index is 13.0. The van der Waals surface area contributed by atoms with E-state index in [9.17, 15) is 14.7 Å². The maximum absolute atomic E-state index is 13.0. The number of ketones is 1. The Morgan fingerprint density at radius 3 is 1.98 bits per heavy atom. The van der Waals surface area contributed by atoms with Gasteiger partial charge in [-0.2, -0.15) is 0 Å². The first kappa shape index (κ1) is 34.5. The van der Waals surface area contributed by atoms with Crippen LogP contribution in [0.15, 0.2) is 84.9 Å². The number of aliphatic hydroxyl groups is 1. The van der Waals surface area contributed by atoms with Gasteiger partial charge in [0.05, 0.1) is 11.5 Å². The molecule has 1 aliphatic heterocycles. The van der Waals surface area contributed by atoms with Crippen molar-refractivity contribution in [1.82, 2.24) is 9.80 Å². The summed E-state index contributed by atoms with van der Waals surface area (Å²) >= 11 is 0. The van der Waals surface area contributed by atoms with Gasteiger partial charge in [-0.05, 0) is 69.4 Å². The number of hydrogen-bond acceptors (Lipinski definition) is 7. The van der Waals surface area contributed by atoms with Gasteiger partial charge in [-0.3, -0.25) is 14.5 Å². The molecule has 1 aliphatic rings. The molecule has 0 amide bonds. The zero-order valence-electron chi connectivity index (χ0n) is 27.4. The van der Waals surface area contributed by atoms with Crippen molar-refractivity contribution in [3.05, 3.63) is 107 Å². The molecule has 0 spiro atoms. The number of likely N-dealkylation sites (tertiary alicyclic amines) is 1. The number of rotatable bonds is 16. The highest BCUT2D eigenvalue weighted by Crippen LogP contribution is 2.30. The summed E-state index contributed by atoms with van der Waals surface area (Å²) in [5.41, 5.74) is 2.87. The molecule has 0 bridgehead atoms. The Hall–Kier alpha value is -3.36. The molecular formula is C38H50N2O5. The third-order valence-electron chi connectivity index (χ3n) is 8.98. The largest absolute Gasteiger partial charge is 0.461 e. The average Bonchev–Trinajstić information content (AvgIpc) is 3.08. The monoisotopic (exact) mass is 614 g/mol. The van der Waals surface area contributed by atoms with Crippen molar-refractivity contribution in [3.8, 4) is 0 Å². The normalized spacial score (nSPS) is 15.4. The predicted octanol–water partition coefficient (Wildman–Crippen LogP) is 6.40. The summed E-state index contributed by atoms with van der Waals surface area (Å²) in [6.07, 6.45) is 2.52. The lowest BCUT2D eigenvalue weighted by Crippen LogP contribution is -2.41. The van der Waals surface area contributed by atoms with Crippen molar-refractivity contribution >= 4 is 11.8 Å². The van der Waals surface area contributed by atoms with Crippen LogP contribution in [0.3, 0.4) is 0 Å². The van der Waals surface area contributed by atoms with Crippen LogP contribution in [0, 0.1) is 0 Å². The third kappa shape index (κ3) is 9.57. The van der Waals surface area contributed by atoms with Crippen LogP contribution in [0.4, 0.5) is 0 Å². The Kier molecular flexibility index (Phi) is 12.9. The molecule has 1 N–H and O–H groups in total. The number of piperidine rings is 1. The molecule has 3 aromatic rings. The second-order valence-electron chi connectivity index (χ2n) is 12.4. The predicted molar refractivity (Wildman–Crippen MR) is 178 cm³/mol. The highest BCUT2D eigenvalue weighted by molar-refractivity contribution is 5.96. The van der Waals surface area contributed by atoms with Gasteiger partial charge in [-0.15, -0.1) is 0 Å². The van der Waals surface area contributed by atoms with Crippen molar-refractivity contribution < 1.29 is 24.2 Å². The molecule has 3 aromatic carbocycles. The molecule has 45 heavy (non-hydrogen) atoms. The van der Waals surface area contributed by atoms with Gasteiger partial charge in [0.25, 0.3) is 0 Å². The van der Waals surface area contributed by atoms with Crippen LogP contribution in [0.1, 0.15) is 86.5 Å². The van der Waals surface area contributed by atoms with E-state index in [4.69, 9.17) is 9.47 Å². The first-order chi connectivity index (χ1) is 21.7. The van der Waals surface area contributed by atoms with Crippen LogP contribution in [-0.2, 0) is 19.7 Å². The lowest BCUT2D eigenvalue weighted by molar-refractivity contribution is -0.156. The summed E-state index contributed by atoms with van der Waals surface area (Å²) in [6.45, 7) is 11.6. The fourth-order valence-electron chi connectivity index (χ4n) is 5.95. The van der Waals surface area contributed by atoms with Gasteiger partial charge in [0.1, 0.15) is 18.9 Å². The molecule has 242 valence electrons. The number of ether oxygens (including phenoxy) is 2. The van der Waals surface area contributed by atoms with Gasteiger partial charge >= 0.3 is 5.97 Å². The van der Waals surface area contributed by atoms with Gasteiger partial charge in [0.15, 0.2) is 5.78 Å². The topological polar surface area (TPSA) is 79.3 Å². The second-order valence-corrected chi connectivity index (χ2v) is 12.4. The Bertz CT molecular complexity index is 1280. The Morgan fingerprint density at radius 1 is 0.889 bits per heavy atom. The minimum absolute atomic E-state index is 0.0744. The molecule has 4 rings (SSSR count). The quantitative estimate of drug-likeness (QED) is 0.114. The molecule has 1 unspecified atom stereocenters. The molecule has 0 radical (unpaired) electrons. The molecule has 1 fully saturated rings. The summed E-state index contributed by atoms with van der Waals surface area (Å²) < 4.78 is 12.1. The van der Waals surface area contributed by atoms with Crippen LogP contribution in [0.5, 0.6) is 0 Å². The van der Waals surface area contributed by atoms with Crippen LogP contribution >= 0.6 is 0 Å². The zero-order valence-corrected chi connectivity index (χ0v) is 27.4. The SMILES string of the molecule is CCN(CC)C(O)COC(=O)C(C)(C)c1ccc(C(=O)CCCN2CCC(OC(c3ccccc3)c3ccccc3)CC2)cc1. The van der Waals surface area contributed by atoms with Crippen LogP contribution in [0.25, 0.3) is 0 Å². The van der Waals surface area contributed by atoms with Crippen molar-refractivity contribution in [1.29, 1.82) is 0 Å². The van der Waals surface area contributed by atoms with E-state index in [2.05, 4.69) is 53.4 Å². The summed E-state index contributed by atoms with van der Waals surface area (Å²) in [4.78, 5) is 30.1. The third-order valence-corrected chi connectivity index (χ3v) is 8.98. The van der Waals surface area contributed by atoms with Crippen molar-refractivity contribution in [3.63, 3.8) is 0 Å². The molecule has 1 atom stereocenters. The summed E-state index contributed by atoms with van der Waals surface area (Å²) in [7, 11) is 0. The summed E-state index contributed by atoms with van der Waals surface area (Å²) in [5.74, 6) is -0.298. The first-order valence-corrected chi connectivity index (χ1v) is 16.4. The van der Waals surface area contributed by atoms with E-state index in [0.29, 0.717) is 25.1 Å². The molecule has 7 nitrogen and oxygen atoms in total. The van der Waals surface area contributed by atoms with Gasteiger partial charge in [0, 0.05) is 25.1 Å². The average molecular weight is 615 g/mol.